The number of anilines is 1. The van der Waals surface area contributed by atoms with Crippen LogP contribution in [-0.2, 0) is 4.79 Å². The molecule has 1 amide bonds. The van der Waals surface area contributed by atoms with Gasteiger partial charge in [0.05, 0.1) is 41.5 Å². The summed E-state index contributed by atoms with van der Waals surface area (Å²) >= 11 is 0. The third-order valence-electron chi connectivity index (χ3n) is 4.54. The predicted molar refractivity (Wildman–Crippen MR) is 115 cm³/mol. The molecule has 7 nitrogen and oxygen atoms in total. The number of carbonyl (C=O) groups is 2. The van der Waals surface area contributed by atoms with Gasteiger partial charge in [-0.3, -0.25) is 9.59 Å². The van der Waals surface area contributed by atoms with Crippen molar-refractivity contribution in [2.24, 2.45) is 0 Å². The summed E-state index contributed by atoms with van der Waals surface area (Å²) in [7, 11) is 0. The summed E-state index contributed by atoms with van der Waals surface area (Å²) in [4.78, 5) is 25.8. The maximum absolute atomic E-state index is 13.0. The number of carbonyl (C=O) groups excluding carboxylic acids is 2. The Morgan fingerprint density at radius 2 is 1.70 bits per heavy atom. The van der Waals surface area contributed by atoms with E-state index in [1.54, 1.807) is 36.7 Å². The van der Waals surface area contributed by atoms with Crippen molar-refractivity contribution in [3.63, 3.8) is 0 Å². The molecule has 1 heterocycles. The highest BCUT2D eigenvalue weighted by atomic mass is 16.5. The van der Waals surface area contributed by atoms with Gasteiger partial charge in [0.2, 0.25) is 0 Å². The minimum absolute atomic E-state index is 0.287. The number of ketones is 1. The second-order valence-corrected chi connectivity index (χ2v) is 6.60. The van der Waals surface area contributed by atoms with E-state index in [9.17, 15) is 9.59 Å². The topological polar surface area (TPSA) is 82.4 Å². The van der Waals surface area contributed by atoms with Gasteiger partial charge in [0.15, 0.2) is 0 Å². The third-order valence-corrected chi connectivity index (χ3v) is 4.54. The molecule has 0 aliphatic rings. The Bertz CT molecular complexity index is 1060. The number of nitrogens with one attached hydrogen (secondary N) is 1. The number of Topliss-reactive ketones (excluding diaryl/α,β-unsaturated/α-hetero) is 1. The number of ether oxygens (including phenoxy) is 2. The number of para-hydroxylation sites is 1. The van der Waals surface area contributed by atoms with E-state index in [1.165, 1.54) is 0 Å². The summed E-state index contributed by atoms with van der Waals surface area (Å²) in [5.74, 6) is -0.372. The molecule has 30 heavy (non-hydrogen) atoms. The van der Waals surface area contributed by atoms with Gasteiger partial charge >= 0.3 is 0 Å². The summed E-state index contributed by atoms with van der Waals surface area (Å²) in [6, 6.07) is 14.6. The van der Waals surface area contributed by atoms with Gasteiger partial charge in [-0.05, 0) is 52.0 Å². The van der Waals surface area contributed by atoms with Gasteiger partial charge in [-0.1, -0.05) is 18.2 Å². The van der Waals surface area contributed by atoms with E-state index < -0.39 is 11.7 Å². The monoisotopic (exact) mass is 407 g/mol. The van der Waals surface area contributed by atoms with E-state index in [-0.39, 0.29) is 5.56 Å². The molecule has 7 heteroatoms. The van der Waals surface area contributed by atoms with Crippen LogP contribution in [0.1, 0.15) is 35.6 Å². The average Bonchev–Trinajstić information content (AvgIpc) is 3.04. The molecule has 0 atom stereocenters. The molecule has 0 aliphatic heterocycles. The first-order valence-corrected chi connectivity index (χ1v) is 9.83. The fourth-order valence-corrected chi connectivity index (χ4v) is 3.23. The smallest absolute Gasteiger partial charge is 0.297 e. The van der Waals surface area contributed by atoms with Crippen LogP contribution in [0, 0.1) is 13.8 Å². The van der Waals surface area contributed by atoms with Gasteiger partial charge in [0.25, 0.3) is 11.7 Å². The average molecular weight is 407 g/mol. The number of aryl methyl sites for hydroxylation is 1. The Labute approximate surface area is 175 Å². The summed E-state index contributed by atoms with van der Waals surface area (Å²) < 4.78 is 12.7. The minimum atomic E-state index is -0.761. The van der Waals surface area contributed by atoms with E-state index in [0.717, 1.165) is 5.69 Å². The quantitative estimate of drug-likeness (QED) is 0.449. The second kappa shape index (κ2) is 9.26. The van der Waals surface area contributed by atoms with Crippen LogP contribution in [-0.4, -0.2) is 34.7 Å². The van der Waals surface area contributed by atoms with Crippen LogP contribution in [0.15, 0.2) is 48.5 Å². The number of nitrogens with zero attached hydrogens (tertiary/aromatic N) is 2. The zero-order valence-corrected chi connectivity index (χ0v) is 17.6. The molecule has 0 radical (unpaired) electrons. The van der Waals surface area contributed by atoms with Crippen LogP contribution in [0.4, 0.5) is 5.69 Å². The van der Waals surface area contributed by atoms with Crippen LogP contribution in [0.5, 0.6) is 11.5 Å². The number of hydrogen-bond donors (Lipinski definition) is 1. The van der Waals surface area contributed by atoms with Gasteiger partial charge in [-0.2, -0.15) is 5.10 Å². The van der Waals surface area contributed by atoms with Gasteiger partial charge < -0.3 is 14.8 Å². The molecule has 1 aromatic heterocycles. The molecule has 0 unspecified atom stereocenters. The molecule has 1 N–H and O–H groups in total. The highest BCUT2D eigenvalue weighted by Gasteiger charge is 2.26. The molecule has 2 aromatic carbocycles. The van der Waals surface area contributed by atoms with E-state index in [1.807, 2.05) is 44.2 Å². The van der Waals surface area contributed by atoms with Crippen molar-refractivity contribution < 1.29 is 19.1 Å². The van der Waals surface area contributed by atoms with Gasteiger partial charge in [-0.25, -0.2) is 4.68 Å². The largest absolute Gasteiger partial charge is 0.494 e. The molecule has 3 rings (SSSR count). The predicted octanol–water partition coefficient (Wildman–Crippen LogP) is 4.11. The van der Waals surface area contributed by atoms with E-state index in [4.69, 9.17) is 9.47 Å². The number of hydrogen-bond acceptors (Lipinski definition) is 5. The lowest BCUT2D eigenvalue weighted by atomic mass is 10.1. The molecule has 0 saturated carbocycles. The Morgan fingerprint density at radius 1 is 1.00 bits per heavy atom. The first-order valence-electron chi connectivity index (χ1n) is 9.83. The number of amides is 1. The standard InChI is InChI=1S/C23H25N3O4/c1-5-29-18-12-13-20(30-6-2)19(14-18)24-23(28)22(27)21-15(3)25-26(16(21)4)17-10-8-7-9-11-17/h7-14H,5-6H2,1-4H3,(H,24,28). The molecule has 0 bridgehead atoms. The summed E-state index contributed by atoms with van der Waals surface area (Å²) in [5.41, 5.74) is 2.58. The lowest BCUT2D eigenvalue weighted by Crippen LogP contribution is -2.24. The Morgan fingerprint density at radius 3 is 2.37 bits per heavy atom. The van der Waals surface area contributed by atoms with Crippen molar-refractivity contribution in [1.82, 2.24) is 9.78 Å². The molecular weight excluding hydrogens is 382 g/mol. The molecule has 0 aliphatic carbocycles. The van der Waals surface area contributed by atoms with E-state index in [0.29, 0.717) is 41.8 Å². The lowest BCUT2D eigenvalue weighted by Gasteiger charge is -2.13. The van der Waals surface area contributed by atoms with Crippen LogP contribution in [0.25, 0.3) is 5.69 Å². The molecular formula is C23H25N3O4. The minimum Gasteiger partial charge on any atom is -0.494 e. The van der Waals surface area contributed by atoms with Gasteiger partial charge in [0, 0.05) is 6.07 Å². The van der Waals surface area contributed by atoms with Crippen molar-refractivity contribution >= 4 is 17.4 Å². The summed E-state index contributed by atoms with van der Waals surface area (Å²) in [6.07, 6.45) is 0. The highest BCUT2D eigenvalue weighted by molar-refractivity contribution is 6.47. The van der Waals surface area contributed by atoms with Crippen molar-refractivity contribution in [2.75, 3.05) is 18.5 Å². The van der Waals surface area contributed by atoms with E-state index >= 15 is 0 Å². The second-order valence-electron chi connectivity index (χ2n) is 6.60. The molecule has 0 fully saturated rings. The molecule has 0 saturated heterocycles. The maximum atomic E-state index is 13.0. The Kier molecular flexibility index (Phi) is 6.51. The normalized spacial score (nSPS) is 10.5. The summed E-state index contributed by atoms with van der Waals surface area (Å²) in [6.45, 7) is 8.11. The van der Waals surface area contributed by atoms with Crippen molar-refractivity contribution in [3.05, 3.63) is 65.5 Å². The third kappa shape index (κ3) is 4.35. The zero-order chi connectivity index (χ0) is 21.7. The fraction of sp³-hybridized carbons (Fsp3) is 0.261. The van der Waals surface area contributed by atoms with Crippen LogP contribution < -0.4 is 14.8 Å². The number of benzene rings is 2. The van der Waals surface area contributed by atoms with Crippen LogP contribution in [0.3, 0.4) is 0 Å². The summed E-state index contributed by atoms with van der Waals surface area (Å²) in [5, 5.41) is 7.11. The maximum Gasteiger partial charge on any atom is 0.297 e. The Hall–Kier alpha value is -3.61. The number of aromatic nitrogens is 2. The van der Waals surface area contributed by atoms with Gasteiger partial charge in [-0.15, -0.1) is 0 Å². The zero-order valence-electron chi connectivity index (χ0n) is 17.6. The fourth-order valence-electron chi connectivity index (χ4n) is 3.23. The Balaban J connectivity index is 1.89. The highest BCUT2D eigenvalue weighted by Crippen LogP contribution is 2.30. The van der Waals surface area contributed by atoms with E-state index in [2.05, 4.69) is 10.4 Å². The lowest BCUT2D eigenvalue weighted by molar-refractivity contribution is -0.112. The van der Waals surface area contributed by atoms with Gasteiger partial charge in [0.1, 0.15) is 11.5 Å². The van der Waals surface area contributed by atoms with Crippen molar-refractivity contribution in [1.29, 1.82) is 0 Å². The first-order chi connectivity index (χ1) is 14.5. The molecule has 0 spiro atoms. The van der Waals surface area contributed by atoms with Crippen molar-refractivity contribution in [2.45, 2.75) is 27.7 Å². The SMILES string of the molecule is CCOc1ccc(OCC)c(NC(=O)C(=O)c2c(C)nn(-c3ccccc3)c2C)c1. The molecule has 3 aromatic rings. The van der Waals surface area contributed by atoms with Crippen LogP contribution in [0.2, 0.25) is 0 Å². The molecule has 156 valence electrons. The van der Waals surface area contributed by atoms with Crippen molar-refractivity contribution in [3.8, 4) is 17.2 Å². The first kappa shape index (κ1) is 21.1. The number of rotatable bonds is 8. The van der Waals surface area contributed by atoms with Crippen LogP contribution >= 0.6 is 0 Å².